The average molecular weight is 413 g/mol. The van der Waals surface area contributed by atoms with Crippen LogP contribution in [0.4, 0.5) is 5.69 Å². The van der Waals surface area contributed by atoms with Gasteiger partial charge in [0.15, 0.2) is 5.96 Å². The molecule has 0 saturated carbocycles. The SMILES string of the molecule is Cc1cc(C)cc(NC(N)=NCCCc2cn[nH]c2C)c1.I. The van der Waals surface area contributed by atoms with E-state index in [9.17, 15) is 0 Å². The number of guanidine groups is 1. The number of aromatic nitrogens is 2. The molecule has 4 N–H and O–H groups in total. The maximum Gasteiger partial charge on any atom is 0.193 e. The van der Waals surface area contributed by atoms with Crippen LogP contribution in [0, 0.1) is 20.8 Å². The van der Waals surface area contributed by atoms with Gasteiger partial charge in [0.2, 0.25) is 0 Å². The summed E-state index contributed by atoms with van der Waals surface area (Å²) in [6.45, 7) is 6.87. The first-order valence-corrected chi connectivity index (χ1v) is 7.18. The van der Waals surface area contributed by atoms with Gasteiger partial charge in [-0.2, -0.15) is 5.10 Å². The van der Waals surface area contributed by atoms with Gasteiger partial charge in [-0.15, -0.1) is 24.0 Å². The van der Waals surface area contributed by atoms with Crippen LogP contribution in [-0.4, -0.2) is 22.7 Å². The summed E-state index contributed by atoms with van der Waals surface area (Å²) in [4.78, 5) is 4.36. The van der Waals surface area contributed by atoms with Crippen LogP contribution in [0.25, 0.3) is 0 Å². The number of nitrogens with one attached hydrogen (secondary N) is 2. The van der Waals surface area contributed by atoms with E-state index in [1.807, 2.05) is 13.1 Å². The minimum Gasteiger partial charge on any atom is -0.370 e. The number of aliphatic imine (C=N–C) groups is 1. The van der Waals surface area contributed by atoms with Crippen molar-refractivity contribution in [2.75, 3.05) is 11.9 Å². The van der Waals surface area contributed by atoms with Gasteiger partial charge in [0, 0.05) is 17.9 Å². The van der Waals surface area contributed by atoms with Crippen molar-refractivity contribution >= 4 is 35.6 Å². The summed E-state index contributed by atoms with van der Waals surface area (Å²) in [5.74, 6) is 0.462. The Morgan fingerprint density at radius 3 is 2.50 bits per heavy atom. The van der Waals surface area contributed by atoms with E-state index in [1.165, 1.54) is 16.7 Å². The second-order valence-corrected chi connectivity index (χ2v) is 5.39. The summed E-state index contributed by atoms with van der Waals surface area (Å²) < 4.78 is 0. The number of nitrogens with zero attached hydrogens (tertiary/aromatic N) is 2. The fraction of sp³-hybridized carbons (Fsp3) is 0.375. The topological polar surface area (TPSA) is 79.1 Å². The van der Waals surface area contributed by atoms with Crippen LogP contribution in [0.2, 0.25) is 0 Å². The molecule has 0 fully saturated rings. The van der Waals surface area contributed by atoms with Gasteiger partial charge in [0.05, 0.1) is 6.20 Å². The van der Waals surface area contributed by atoms with E-state index < -0.39 is 0 Å². The van der Waals surface area contributed by atoms with Crippen LogP contribution in [0.5, 0.6) is 0 Å². The van der Waals surface area contributed by atoms with Gasteiger partial charge >= 0.3 is 0 Å². The summed E-state index contributed by atoms with van der Waals surface area (Å²) in [6, 6.07) is 6.25. The number of hydrogen-bond acceptors (Lipinski definition) is 2. The molecule has 1 heterocycles. The molecular formula is C16H24IN5. The lowest BCUT2D eigenvalue weighted by atomic mass is 10.1. The fourth-order valence-corrected chi connectivity index (χ4v) is 2.33. The minimum atomic E-state index is 0. The predicted molar refractivity (Wildman–Crippen MR) is 103 cm³/mol. The van der Waals surface area contributed by atoms with E-state index in [-0.39, 0.29) is 24.0 Å². The van der Waals surface area contributed by atoms with Crippen molar-refractivity contribution in [3.8, 4) is 0 Å². The molecule has 0 amide bonds. The van der Waals surface area contributed by atoms with E-state index in [4.69, 9.17) is 5.73 Å². The molecule has 1 aromatic heterocycles. The lowest BCUT2D eigenvalue weighted by molar-refractivity contribution is 0.828. The van der Waals surface area contributed by atoms with Crippen molar-refractivity contribution in [1.29, 1.82) is 0 Å². The molecule has 0 radical (unpaired) electrons. The number of anilines is 1. The molecule has 5 nitrogen and oxygen atoms in total. The Morgan fingerprint density at radius 2 is 1.91 bits per heavy atom. The Bertz CT molecular complexity index is 613. The molecule has 0 saturated heterocycles. The molecule has 0 aliphatic rings. The van der Waals surface area contributed by atoms with E-state index in [0.29, 0.717) is 12.5 Å². The van der Waals surface area contributed by atoms with Crippen LogP contribution in [0.3, 0.4) is 0 Å². The summed E-state index contributed by atoms with van der Waals surface area (Å²) in [5.41, 5.74) is 11.7. The highest BCUT2D eigenvalue weighted by atomic mass is 127. The Labute approximate surface area is 148 Å². The highest BCUT2D eigenvalue weighted by Crippen LogP contribution is 2.13. The summed E-state index contributed by atoms with van der Waals surface area (Å²) in [6.07, 6.45) is 3.79. The molecule has 0 atom stereocenters. The van der Waals surface area contributed by atoms with E-state index >= 15 is 0 Å². The predicted octanol–water partition coefficient (Wildman–Crippen LogP) is 3.31. The number of benzene rings is 1. The number of rotatable bonds is 5. The molecule has 120 valence electrons. The van der Waals surface area contributed by atoms with E-state index in [1.54, 1.807) is 0 Å². The number of nitrogens with two attached hydrogens (primary N) is 1. The zero-order chi connectivity index (χ0) is 15.2. The zero-order valence-electron chi connectivity index (χ0n) is 13.3. The molecule has 1 aromatic carbocycles. The number of halogens is 1. The van der Waals surface area contributed by atoms with Gasteiger partial charge in [-0.05, 0) is 62.4 Å². The molecule has 0 bridgehead atoms. The van der Waals surface area contributed by atoms with Gasteiger partial charge < -0.3 is 11.1 Å². The van der Waals surface area contributed by atoms with Gasteiger partial charge in [-0.25, -0.2) is 0 Å². The van der Waals surface area contributed by atoms with Crippen LogP contribution < -0.4 is 11.1 Å². The number of aromatic amines is 1. The van der Waals surface area contributed by atoms with Crippen molar-refractivity contribution in [3.05, 3.63) is 46.8 Å². The first-order chi connectivity index (χ1) is 10.0. The Balaban J connectivity index is 0.00000242. The third kappa shape index (κ3) is 5.67. The monoisotopic (exact) mass is 413 g/mol. The minimum absolute atomic E-state index is 0. The van der Waals surface area contributed by atoms with Crippen molar-refractivity contribution in [2.24, 2.45) is 10.7 Å². The molecular weight excluding hydrogens is 389 g/mol. The van der Waals surface area contributed by atoms with Crippen LogP contribution in [0.1, 0.15) is 28.8 Å². The molecule has 0 aliphatic carbocycles. The van der Waals surface area contributed by atoms with Crippen molar-refractivity contribution in [1.82, 2.24) is 10.2 Å². The quantitative estimate of drug-likeness (QED) is 0.305. The van der Waals surface area contributed by atoms with E-state index in [2.05, 4.69) is 52.6 Å². The highest BCUT2D eigenvalue weighted by Gasteiger charge is 2.00. The highest BCUT2D eigenvalue weighted by molar-refractivity contribution is 14.0. The Hall–Kier alpha value is -1.57. The van der Waals surface area contributed by atoms with Gasteiger partial charge in [0.1, 0.15) is 0 Å². The smallest absolute Gasteiger partial charge is 0.193 e. The van der Waals surface area contributed by atoms with Crippen LogP contribution in [0.15, 0.2) is 29.4 Å². The maximum atomic E-state index is 5.92. The first kappa shape index (κ1) is 18.5. The first-order valence-electron chi connectivity index (χ1n) is 7.18. The molecule has 22 heavy (non-hydrogen) atoms. The van der Waals surface area contributed by atoms with Gasteiger partial charge in [0.25, 0.3) is 0 Å². The Morgan fingerprint density at radius 1 is 1.23 bits per heavy atom. The summed E-state index contributed by atoms with van der Waals surface area (Å²) in [7, 11) is 0. The van der Waals surface area contributed by atoms with E-state index in [0.717, 1.165) is 24.2 Å². The molecule has 0 unspecified atom stereocenters. The van der Waals surface area contributed by atoms with Gasteiger partial charge in [-0.1, -0.05) is 6.07 Å². The Kier molecular flexibility index (Phi) is 7.37. The largest absolute Gasteiger partial charge is 0.370 e. The molecule has 2 aromatic rings. The van der Waals surface area contributed by atoms with Crippen molar-refractivity contribution in [3.63, 3.8) is 0 Å². The second-order valence-electron chi connectivity index (χ2n) is 5.39. The lowest BCUT2D eigenvalue weighted by Crippen LogP contribution is -2.23. The third-order valence-corrected chi connectivity index (χ3v) is 3.31. The number of hydrogen-bond donors (Lipinski definition) is 3. The average Bonchev–Trinajstić information content (AvgIpc) is 2.79. The fourth-order valence-electron chi connectivity index (χ4n) is 2.33. The maximum absolute atomic E-state index is 5.92. The van der Waals surface area contributed by atoms with Crippen LogP contribution in [-0.2, 0) is 6.42 Å². The van der Waals surface area contributed by atoms with Crippen molar-refractivity contribution in [2.45, 2.75) is 33.6 Å². The standard InChI is InChI=1S/C16H23N5.HI/c1-11-7-12(2)9-15(8-11)20-16(17)18-6-4-5-14-10-19-21-13(14)3;/h7-10H,4-6H2,1-3H3,(H,19,21)(H3,17,18,20);1H. The normalized spacial score (nSPS) is 11.1. The molecule has 2 rings (SSSR count). The lowest BCUT2D eigenvalue weighted by Gasteiger charge is -2.08. The summed E-state index contributed by atoms with van der Waals surface area (Å²) >= 11 is 0. The van der Waals surface area contributed by atoms with Gasteiger partial charge in [-0.3, -0.25) is 10.1 Å². The number of aryl methyl sites for hydroxylation is 4. The molecule has 6 heteroatoms. The summed E-state index contributed by atoms with van der Waals surface area (Å²) in [5, 5.41) is 10.1. The second kappa shape index (κ2) is 8.77. The van der Waals surface area contributed by atoms with Crippen molar-refractivity contribution < 1.29 is 0 Å². The molecule has 0 spiro atoms. The van der Waals surface area contributed by atoms with Crippen LogP contribution >= 0.6 is 24.0 Å². The third-order valence-electron chi connectivity index (χ3n) is 3.31. The number of H-pyrrole nitrogens is 1. The molecule has 0 aliphatic heterocycles. The zero-order valence-corrected chi connectivity index (χ0v) is 15.6.